The Morgan fingerprint density at radius 1 is 1.30 bits per heavy atom. The third-order valence-electron chi connectivity index (χ3n) is 2.94. The van der Waals surface area contributed by atoms with Crippen LogP contribution in [-0.4, -0.2) is 10.0 Å². The van der Waals surface area contributed by atoms with Gasteiger partial charge in [0.1, 0.15) is 5.75 Å². The highest BCUT2D eigenvalue weighted by atomic mass is 35.5. The summed E-state index contributed by atoms with van der Waals surface area (Å²) in [6.07, 6.45) is 0. The normalized spacial score (nSPS) is 11.9. The van der Waals surface area contributed by atoms with Gasteiger partial charge >= 0.3 is 0 Å². The molecule has 0 aliphatic carbocycles. The van der Waals surface area contributed by atoms with Crippen molar-refractivity contribution in [3.8, 4) is 5.75 Å². The molecule has 5 nitrogen and oxygen atoms in total. The van der Waals surface area contributed by atoms with Crippen LogP contribution < -0.4 is 5.32 Å². The van der Waals surface area contributed by atoms with E-state index in [0.717, 1.165) is 5.56 Å². The van der Waals surface area contributed by atoms with Crippen molar-refractivity contribution in [3.63, 3.8) is 0 Å². The molecule has 0 saturated heterocycles. The number of para-hydroxylation sites is 1. The third kappa shape index (κ3) is 3.00. The molecule has 2 aromatic rings. The minimum Gasteiger partial charge on any atom is -0.508 e. The summed E-state index contributed by atoms with van der Waals surface area (Å²) in [5.41, 5.74) is 1.24. The monoisotopic (exact) mass is 292 g/mol. The molecule has 0 bridgehead atoms. The van der Waals surface area contributed by atoms with Crippen molar-refractivity contribution >= 4 is 23.0 Å². The van der Waals surface area contributed by atoms with Crippen molar-refractivity contribution in [1.82, 2.24) is 0 Å². The highest BCUT2D eigenvalue weighted by Gasteiger charge is 2.13. The Kier molecular flexibility index (Phi) is 4.10. The van der Waals surface area contributed by atoms with E-state index in [0.29, 0.717) is 5.69 Å². The second-order valence-corrected chi connectivity index (χ2v) is 4.75. The molecule has 6 heteroatoms. The molecular weight excluding hydrogens is 280 g/mol. The first-order valence-electron chi connectivity index (χ1n) is 5.97. The Morgan fingerprint density at radius 3 is 2.60 bits per heavy atom. The molecule has 2 N–H and O–H groups in total. The number of phenolic OH excluding ortho intramolecular Hbond substituents is 1. The molecule has 1 unspecified atom stereocenters. The molecule has 2 aromatic carbocycles. The van der Waals surface area contributed by atoms with Crippen LogP contribution in [0.1, 0.15) is 18.5 Å². The number of nitrogens with one attached hydrogen (secondary N) is 1. The Labute approximate surface area is 121 Å². The molecule has 0 saturated carbocycles. The van der Waals surface area contributed by atoms with Gasteiger partial charge in [-0.25, -0.2) is 0 Å². The smallest absolute Gasteiger partial charge is 0.271 e. The van der Waals surface area contributed by atoms with E-state index in [-0.39, 0.29) is 22.5 Å². The Morgan fingerprint density at radius 2 is 2.00 bits per heavy atom. The molecule has 0 aromatic heterocycles. The average Bonchev–Trinajstić information content (AvgIpc) is 2.41. The molecule has 0 heterocycles. The quantitative estimate of drug-likeness (QED) is 0.656. The number of nitro groups is 1. The number of halogens is 1. The Balaban J connectivity index is 2.22. The van der Waals surface area contributed by atoms with Gasteiger partial charge in [0.05, 0.1) is 21.7 Å². The van der Waals surface area contributed by atoms with Gasteiger partial charge in [-0.2, -0.15) is 0 Å². The zero-order valence-corrected chi connectivity index (χ0v) is 11.5. The molecule has 0 amide bonds. The fourth-order valence-corrected chi connectivity index (χ4v) is 2.13. The van der Waals surface area contributed by atoms with Crippen LogP contribution in [0.2, 0.25) is 5.02 Å². The summed E-state index contributed by atoms with van der Waals surface area (Å²) in [5.74, 6) is 0.186. The predicted molar refractivity (Wildman–Crippen MR) is 78.3 cm³/mol. The van der Waals surface area contributed by atoms with E-state index in [1.807, 2.05) is 13.0 Å². The van der Waals surface area contributed by atoms with Crippen molar-refractivity contribution in [2.24, 2.45) is 0 Å². The van der Waals surface area contributed by atoms with Crippen LogP contribution in [0.15, 0.2) is 42.5 Å². The van der Waals surface area contributed by atoms with E-state index < -0.39 is 4.92 Å². The zero-order valence-electron chi connectivity index (χ0n) is 10.7. The SMILES string of the molecule is CC(Nc1ccc([N+](=O)[O-])cc1Cl)c1ccccc1O. The number of benzene rings is 2. The first kappa shape index (κ1) is 14.1. The Bertz CT molecular complexity index is 646. The minimum atomic E-state index is -0.498. The lowest BCUT2D eigenvalue weighted by atomic mass is 10.1. The second-order valence-electron chi connectivity index (χ2n) is 4.35. The van der Waals surface area contributed by atoms with Gasteiger partial charge in [-0.1, -0.05) is 29.8 Å². The maximum atomic E-state index is 10.6. The molecular formula is C14H13ClN2O3. The van der Waals surface area contributed by atoms with E-state index in [1.54, 1.807) is 24.3 Å². The number of aromatic hydroxyl groups is 1. The average molecular weight is 293 g/mol. The topological polar surface area (TPSA) is 75.4 Å². The highest BCUT2D eigenvalue weighted by Crippen LogP contribution is 2.31. The fourth-order valence-electron chi connectivity index (χ4n) is 1.90. The van der Waals surface area contributed by atoms with Gasteiger partial charge in [0.15, 0.2) is 0 Å². The molecule has 1 atom stereocenters. The van der Waals surface area contributed by atoms with Gasteiger partial charge < -0.3 is 10.4 Å². The number of rotatable bonds is 4. The summed E-state index contributed by atoms with van der Waals surface area (Å²) in [6, 6.07) is 11.0. The number of nitrogens with zero attached hydrogens (tertiary/aromatic N) is 1. The second kappa shape index (κ2) is 5.79. The molecule has 0 spiro atoms. The first-order valence-corrected chi connectivity index (χ1v) is 6.35. The van der Waals surface area contributed by atoms with Crippen LogP contribution in [-0.2, 0) is 0 Å². The number of anilines is 1. The summed E-state index contributed by atoms with van der Waals surface area (Å²) in [7, 11) is 0. The van der Waals surface area contributed by atoms with E-state index in [9.17, 15) is 15.2 Å². The van der Waals surface area contributed by atoms with Crippen LogP contribution in [0.3, 0.4) is 0 Å². The molecule has 0 aliphatic rings. The van der Waals surface area contributed by atoms with Crippen LogP contribution in [0.4, 0.5) is 11.4 Å². The first-order chi connectivity index (χ1) is 9.49. The van der Waals surface area contributed by atoms with Gasteiger partial charge in [-0.05, 0) is 19.1 Å². The number of hydrogen-bond donors (Lipinski definition) is 2. The van der Waals surface area contributed by atoms with Crippen molar-refractivity contribution < 1.29 is 10.0 Å². The van der Waals surface area contributed by atoms with Crippen molar-refractivity contribution in [2.45, 2.75) is 13.0 Å². The standard InChI is InChI=1S/C14H13ClN2O3/c1-9(11-4-2-3-5-14(11)18)16-13-7-6-10(17(19)20)8-12(13)15/h2-9,16,18H,1H3. The summed E-state index contributed by atoms with van der Waals surface area (Å²) in [4.78, 5) is 10.1. The van der Waals surface area contributed by atoms with E-state index in [2.05, 4.69) is 5.32 Å². The fraction of sp³-hybridized carbons (Fsp3) is 0.143. The maximum absolute atomic E-state index is 10.6. The lowest BCUT2D eigenvalue weighted by Gasteiger charge is -2.17. The number of phenols is 1. The lowest BCUT2D eigenvalue weighted by Crippen LogP contribution is -2.07. The van der Waals surface area contributed by atoms with Crippen LogP contribution in [0, 0.1) is 10.1 Å². The van der Waals surface area contributed by atoms with Gasteiger partial charge in [-0.3, -0.25) is 10.1 Å². The third-order valence-corrected chi connectivity index (χ3v) is 3.25. The van der Waals surface area contributed by atoms with Crippen LogP contribution in [0.25, 0.3) is 0 Å². The molecule has 0 fully saturated rings. The lowest BCUT2D eigenvalue weighted by molar-refractivity contribution is -0.384. The van der Waals surface area contributed by atoms with E-state index in [1.165, 1.54) is 12.1 Å². The number of nitro benzene ring substituents is 1. The predicted octanol–water partition coefficient (Wildman–Crippen LogP) is 4.13. The highest BCUT2D eigenvalue weighted by molar-refractivity contribution is 6.33. The Hall–Kier alpha value is -2.27. The molecule has 20 heavy (non-hydrogen) atoms. The van der Waals surface area contributed by atoms with Gasteiger partial charge in [-0.15, -0.1) is 0 Å². The molecule has 2 rings (SSSR count). The van der Waals surface area contributed by atoms with Gasteiger partial charge in [0.2, 0.25) is 0 Å². The van der Waals surface area contributed by atoms with Crippen molar-refractivity contribution in [3.05, 3.63) is 63.2 Å². The van der Waals surface area contributed by atoms with E-state index >= 15 is 0 Å². The zero-order chi connectivity index (χ0) is 14.7. The van der Waals surface area contributed by atoms with Crippen LogP contribution >= 0.6 is 11.6 Å². The molecule has 104 valence electrons. The van der Waals surface area contributed by atoms with Gasteiger partial charge in [0, 0.05) is 17.7 Å². The number of hydrogen-bond acceptors (Lipinski definition) is 4. The largest absolute Gasteiger partial charge is 0.508 e. The summed E-state index contributed by atoms with van der Waals surface area (Å²) in [5, 5.41) is 23.8. The summed E-state index contributed by atoms with van der Waals surface area (Å²) < 4.78 is 0. The number of non-ortho nitro benzene ring substituents is 1. The molecule has 0 aliphatic heterocycles. The molecule has 0 radical (unpaired) electrons. The minimum absolute atomic E-state index is 0.0595. The van der Waals surface area contributed by atoms with Gasteiger partial charge in [0.25, 0.3) is 5.69 Å². The van der Waals surface area contributed by atoms with Crippen molar-refractivity contribution in [2.75, 3.05) is 5.32 Å². The maximum Gasteiger partial charge on any atom is 0.271 e. The van der Waals surface area contributed by atoms with Crippen LogP contribution in [0.5, 0.6) is 5.75 Å². The summed E-state index contributed by atoms with van der Waals surface area (Å²) >= 11 is 6.02. The summed E-state index contributed by atoms with van der Waals surface area (Å²) in [6.45, 7) is 1.87. The van der Waals surface area contributed by atoms with E-state index in [4.69, 9.17) is 11.6 Å². The van der Waals surface area contributed by atoms with Crippen molar-refractivity contribution in [1.29, 1.82) is 0 Å².